The van der Waals surface area contributed by atoms with Gasteiger partial charge in [0.25, 0.3) is 0 Å². The highest BCUT2D eigenvalue weighted by atomic mass is 32.2. The van der Waals surface area contributed by atoms with Crippen molar-refractivity contribution in [2.75, 3.05) is 26.0 Å². The van der Waals surface area contributed by atoms with Crippen molar-refractivity contribution in [1.82, 2.24) is 5.32 Å². The molecule has 94 valence electrons. The first-order valence-electron chi connectivity index (χ1n) is 5.31. The fraction of sp³-hybridized carbons (Fsp3) is 0.455. The molecule has 1 aromatic carbocycles. The summed E-state index contributed by atoms with van der Waals surface area (Å²) in [6.07, 6.45) is 0.592. The summed E-state index contributed by atoms with van der Waals surface area (Å²) in [5.74, 6) is -0.723. The number of rotatable bonds is 2. The average Bonchev–Trinajstić information content (AvgIpc) is 2.28. The van der Waals surface area contributed by atoms with Crippen LogP contribution < -0.4 is 5.32 Å². The number of halogens is 1. The van der Waals surface area contributed by atoms with Crippen molar-refractivity contribution in [3.05, 3.63) is 29.6 Å². The van der Waals surface area contributed by atoms with Crippen LogP contribution in [0.2, 0.25) is 0 Å². The second-order valence-corrected chi connectivity index (χ2v) is 5.95. The number of hydrogen-bond acceptors (Lipinski definition) is 4. The van der Waals surface area contributed by atoms with Gasteiger partial charge in [-0.05, 0) is 6.07 Å². The Bertz CT molecular complexity index is 509. The molecule has 6 heteroatoms. The summed E-state index contributed by atoms with van der Waals surface area (Å²) in [6.45, 7) is 1.70. The highest BCUT2D eigenvalue weighted by Gasteiger charge is 2.25. The van der Waals surface area contributed by atoms with Gasteiger partial charge < -0.3 is 10.1 Å². The van der Waals surface area contributed by atoms with Crippen LogP contribution >= 0.6 is 0 Å². The van der Waals surface area contributed by atoms with Gasteiger partial charge in [-0.15, -0.1) is 0 Å². The van der Waals surface area contributed by atoms with E-state index in [1.165, 1.54) is 6.07 Å². The van der Waals surface area contributed by atoms with Gasteiger partial charge in [0, 0.05) is 24.9 Å². The molecule has 0 saturated carbocycles. The largest absolute Gasteiger partial charge is 0.371 e. The van der Waals surface area contributed by atoms with Gasteiger partial charge >= 0.3 is 0 Å². The van der Waals surface area contributed by atoms with Gasteiger partial charge in [0.05, 0.1) is 12.7 Å². The third kappa shape index (κ3) is 2.65. The number of ether oxygens (including phenoxy) is 1. The molecule has 1 saturated heterocycles. The number of benzene rings is 1. The maximum Gasteiger partial charge on any atom is 0.178 e. The zero-order valence-corrected chi connectivity index (χ0v) is 10.3. The molecule has 1 atom stereocenters. The number of morpholine rings is 1. The van der Waals surface area contributed by atoms with Crippen LogP contribution in [0.15, 0.2) is 23.1 Å². The lowest BCUT2D eigenvalue weighted by atomic mass is 10.1. The quantitative estimate of drug-likeness (QED) is 0.857. The van der Waals surface area contributed by atoms with Gasteiger partial charge in [-0.3, -0.25) is 0 Å². The summed E-state index contributed by atoms with van der Waals surface area (Å²) >= 11 is 0. The van der Waals surface area contributed by atoms with E-state index in [4.69, 9.17) is 4.74 Å². The van der Waals surface area contributed by atoms with E-state index in [0.717, 1.165) is 18.9 Å². The van der Waals surface area contributed by atoms with E-state index in [1.54, 1.807) is 6.07 Å². The molecule has 1 aliphatic rings. The summed E-state index contributed by atoms with van der Waals surface area (Å²) in [5.41, 5.74) is 0.389. The van der Waals surface area contributed by atoms with E-state index in [2.05, 4.69) is 5.32 Å². The van der Waals surface area contributed by atoms with Crippen LogP contribution in [0.25, 0.3) is 0 Å². The number of sulfone groups is 1. The highest BCUT2D eigenvalue weighted by Crippen LogP contribution is 2.28. The monoisotopic (exact) mass is 259 g/mol. The molecule has 0 aromatic heterocycles. The minimum Gasteiger partial charge on any atom is -0.371 e. The zero-order valence-electron chi connectivity index (χ0n) is 9.44. The van der Waals surface area contributed by atoms with Gasteiger partial charge in [0.2, 0.25) is 0 Å². The van der Waals surface area contributed by atoms with Crippen molar-refractivity contribution in [3.63, 3.8) is 0 Å². The molecular weight excluding hydrogens is 245 g/mol. The van der Waals surface area contributed by atoms with E-state index >= 15 is 0 Å². The van der Waals surface area contributed by atoms with Crippen molar-refractivity contribution in [2.45, 2.75) is 11.0 Å². The lowest BCUT2D eigenvalue weighted by Gasteiger charge is -2.25. The number of nitrogens with one attached hydrogen (secondary N) is 1. The smallest absolute Gasteiger partial charge is 0.178 e. The van der Waals surface area contributed by atoms with Gasteiger partial charge in [-0.25, -0.2) is 12.8 Å². The van der Waals surface area contributed by atoms with Gasteiger partial charge in [-0.2, -0.15) is 0 Å². The first-order valence-corrected chi connectivity index (χ1v) is 7.20. The zero-order chi connectivity index (χ0) is 12.5. The maximum absolute atomic E-state index is 13.6. The molecule has 2 rings (SSSR count). The topological polar surface area (TPSA) is 55.4 Å². The Morgan fingerprint density at radius 2 is 2.24 bits per heavy atom. The molecule has 1 aliphatic heterocycles. The summed E-state index contributed by atoms with van der Waals surface area (Å²) < 4.78 is 42.3. The van der Waals surface area contributed by atoms with Crippen molar-refractivity contribution in [1.29, 1.82) is 0 Å². The van der Waals surface area contributed by atoms with Crippen LogP contribution in [0, 0.1) is 5.82 Å². The summed E-state index contributed by atoms with van der Waals surface area (Å²) in [5, 5.41) is 3.09. The lowest BCUT2D eigenvalue weighted by molar-refractivity contribution is 0.0256. The molecule has 0 spiro atoms. The molecule has 0 aliphatic carbocycles. The minimum atomic E-state index is -3.60. The summed E-state index contributed by atoms with van der Waals surface area (Å²) in [4.78, 5) is -0.256. The molecule has 1 N–H and O–H groups in total. The molecule has 0 bridgehead atoms. The molecule has 17 heavy (non-hydrogen) atoms. The van der Waals surface area contributed by atoms with Crippen molar-refractivity contribution in [3.8, 4) is 0 Å². The van der Waals surface area contributed by atoms with Crippen LogP contribution in [0.5, 0.6) is 0 Å². The maximum atomic E-state index is 13.6. The first kappa shape index (κ1) is 12.5. The molecule has 0 radical (unpaired) electrons. The van der Waals surface area contributed by atoms with Gasteiger partial charge in [0.15, 0.2) is 9.84 Å². The predicted octanol–water partition coefficient (Wildman–Crippen LogP) is 0.890. The van der Waals surface area contributed by atoms with Gasteiger partial charge in [-0.1, -0.05) is 12.1 Å². The van der Waals surface area contributed by atoms with Crippen LogP contribution in [0.3, 0.4) is 0 Å². The van der Waals surface area contributed by atoms with Crippen molar-refractivity contribution < 1.29 is 17.5 Å². The van der Waals surface area contributed by atoms with Crippen molar-refractivity contribution in [2.24, 2.45) is 0 Å². The Balaban J connectivity index is 2.49. The Hall–Kier alpha value is -0.980. The Morgan fingerprint density at radius 3 is 2.82 bits per heavy atom. The molecule has 1 aromatic rings. The minimum absolute atomic E-state index is 0.256. The molecule has 1 unspecified atom stereocenters. The van der Waals surface area contributed by atoms with Crippen LogP contribution in [-0.2, 0) is 14.6 Å². The fourth-order valence-electron chi connectivity index (χ4n) is 1.94. The van der Waals surface area contributed by atoms with E-state index in [-0.39, 0.29) is 4.90 Å². The Labute approximate surface area is 99.7 Å². The standard InChI is InChI=1S/C11H14FNO3S/c1-17(14,15)11-8(3-2-4-9(11)12)10-7-13-5-6-16-10/h2-4,10,13H,5-7H2,1H3. The molecular formula is C11H14FNO3S. The Kier molecular flexibility index (Phi) is 3.46. The van der Waals surface area contributed by atoms with E-state index in [1.807, 2.05) is 0 Å². The SMILES string of the molecule is CS(=O)(=O)c1c(F)cccc1C1CNCCO1. The van der Waals surface area contributed by atoms with E-state index in [0.29, 0.717) is 18.7 Å². The van der Waals surface area contributed by atoms with Crippen LogP contribution in [-0.4, -0.2) is 34.4 Å². The second kappa shape index (κ2) is 4.72. The summed E-state index contributed by atoms with van der Waals surface area (Å²) in [7, 11) is -3.60. The normalized spacial score (nSPS) is 21.4. The van der Waals surface area contributed by atoms with Gasteiger partial charge in [0.1, 0.15) is 10.7 Å². The van der Waals surface area contributed by atoms with Crippen LogP contribution in [0.1, 0.15) is 11.7 Å². The number of hydrogen-bond donors (Lipinski definition) is 1. The van der Waals surface area contributed by atoms with Crippen LogP contribution in [0.4, 0.5) is 4.39 Å². The second-order valence-electron chi connectivity index (χ2n) is 3.99. The fourth-order valence-corrected chi connectivity index (χ4v) is 2.99. The van der Waals surface area contributed by atoms with Crippen molar-refractivity contribution >= 4 is 9.84 Å². The van der Waals surface area contributed by atoms with E-state index < -0.39 is 21.8 Å². The third-order valence-corrected chi connectivity index (χ3v) is 3.82. The first-order chi connectivity index (χ1) is 8.00. The highest BCUT2D eigenvalue weighted by molar-refractivity contribution is 7.90. The molecule has 4 nitrogen and oxygen atoms in total. The average molecular weight is 259 g/mol. The predicted molar refractivity (Wildman–Crippen MR) is 61.1 cm³/mol. The summed E-state index contributed by atoms with van der Waals surface area (Å²) in [6, 6.07) is 4.24. The molecule has 1 fully saturated rings. The third-order valence-electron chi connectivity index (χ3n) is 2.64. The Morgan fingerprint density at radius 1 is 1.47 bits per heavy atom. The lowest BCUT2D eigenvalue weighted by Crippen LogP contribution is -2.34. The van der Waals surface area contributed by atoms with E-state index in [9.17, 15) is 12.8 Å². The molecule has 0 amide bonds. The molecule has 1 heterocycles.